The van der Waals surface area contributed by atoms with Gasteiger partial charge in [0.1, 0.15) is 11.6 Å². The smallest absolute Gasteiger partial charge is 0.307 e. The van der Waals surface area contributed by atoms with Gasteiger partial charge in [-0.15, -0.1) is 0 Å². The van der Waals surface area contributed by atoms with Crippen molar-refractivity contribution < 1.29 is 23.5 Å². The van der Waals surface area contributed by atoms with Gasteiger partial charge in [0.2, 0.25) is 0 Å². The maximum absolute atomic E-state index is 13.1. The Balaban J connectivity index is 2.28. The van der Waals surface area contributed by atoms with Gasteiger partial charge in [-0.1, -0.05) is 12.8 Å². The van der Waals surface area contributed by atoms with Crippen LogP contribution < -0.4 is 0 Å². The van der Waals surface area contributed by atoms with E-state index in [2.05, 4.69) is 0 Å². The Morgan fingerprint density at radius 1 is 1.00 bits per heavy atom. The van der Waals surface area contributed by atoms with E-state index in [1.165, 1.54) is 0 Å². The summed E-state index contributed by atoms with van der Waals surface area (Å²) in [5.41, 5.74) is -0.0874. The second-order valence-electron chi connectivity index (χ2n) is 4.86. The summed E-state index contributed by atoms with van der Waals surface area (Å²) in [6, 6.07) is 2.60. The maximum Gasteiger partial charge on any atom is 0.307 e. The summed E-state index contributed by atoms with van der Waals surface area (Å²) in [5, 5.41) is 9.11. The molecule has 0 spiro atoms. The average Bonchev–Trinajstić information content (AvgIpc) is 2.36. The molecular weight excluding hydrogens is 254 g/mol. The highest BCUT2D eigenvalue weighted by Crippen LogP contribution is 2.33. The van der Waals surface area contributed by atoms with Crippen LogP contribution in [0.25, 0.3) is 0 Å². The number of carbonyl (C=O) groups is 2. The van der Waals surface area contributed by atoms with Crippen LogP contribution in [0, 0.1) is 23.5 Å². The van der Waals surface area contributed by atoms with Crippen molar-refractivity contribution in [2.45, 2.75) is 25.7 Å². The number of hydrogen-bond acceptors (Lipinski definition) is 2. The zero-order valence-corrected chi connectivity index (χ0v) is 10.2. The normalized spacial score (nSPS) is 23.1. The molecule has 2 rings (SSSR count). The van der Waals surface area contributed by atoms with Gasteiger partial charge in [0.05, 0.1) is 5.92 Å². The van der Waals surface area contributed by atoms with Gasteiger partial charge in [0.15, 0.2) is 5.78 Å². The number of Topliss-reactive ketones (excluding diaryl/α,β-unsaturated/α-hetero) is 1. The van der Waals surface area contributed by atoms with Crippen LogP contribution in [0.5, 0.6) is 0 Å². The van der Waals surface area contributed by atoms with E-state index < -0.39 is 35.2 Å². The highest BCUT2D eigenvalue weighted by molar-refractivity contribution is 6.00. The van der Waals surface area contributed by atoms with Crippen molar-refractivity contribution in [3.63, 3.8) is 0 Å². The second kappa shape index (κ2) is 5.47. The second-order valence-corrected chi connectivity index (χ2v) is 4.86. The topological polar surface area (TPSA) is 54.4 Å². The molecule has 1 aliphatic carbocycles. The molecule has 5 heteroatoms. The Kier molecular flexibility index (Phi) is 3.93. The standard InChI is InChI=1S/C14H14F2O3/c15-9-5-8(6-10(16)7-9)13(17)11-3-1-2-4-12(11)14(18)19/h5-7,11-12H,1-4H2,(H,18,19)/t11-,12+/m0/s1. The average molecular weight is 268 g/mol. The molecule has 0 aromatic heterocycles. The molecule has 0 heterocycles. The molecule has 0 bridgehead atoms. The van der Waals surface area contributed by atoms with E-state index in [1.807, 2.05) is 0 Å². The van der Waals surface area contributed by atoms with Gasteiger partial charge >= 0.3 is 5.97 Å². The first-order valence-corrected chi connectivity index (χ1v) is 6.22. The fourth-order valence-electron chi connectivity index (χ4n) is 2.65. The lowest BCUT2D eigenvalue weighted by Gasteiger charge is -2.27. The highest BCUT2D eigenvalue weighted by Gasteiger charge is 2.36. The number of carbonyl (C=O) groups excluding carboxylic acids is 1. The van der Waals surface area contributed by atoms with Crippen LogP contribution in [0.2, 0.25) is 0 Å². The van der Waals surface area contributed by atoms with Crippen LogP contribution in [0.4, 0.5) is 8.78 Å². The van der Waals surface area contributed by atoms with Gasteiger partial charge in [-0.25, -0.2) is 8.78 Å². The van der Waals surface area contributed by atoms with Gasteiger partial charge in [0.25, 0.3) is 0 Å². The fourth-order valence-corrected chi connectivity index (χ4v) is 2.65. The number of carboxylic acids is 1. The van der Waals surface area contributed by atoms with Crippen LogP contribution in [0.3, 0.4) is 0 Å². The summed E-state index contributed by atoms with van der Waals surface area (Å²) in [5.74, 6) is -4.60. The third-order valence-corrected chi connectivity index (χ3v) is 3.57. The van der Waals surface area contributed by atoms with Crippen LogP contribution in [0.1, 0.15) is 36.0 Å². The van der Waals surface area contributed by atoms with E-state index in [4.69, 9.17) is 5.11 Å². The summed E-state index contributed by atoms with van der Waals surface area (Å²) in [6.45, 7) is 0. The first-order valence-electron chi connectivity index (χ1n) is 6.22. The number of halogens is 2. The van der Waals surface area contributed by atoms with Crippen molar-refractivity contribution in [1.82, 2.24) is 0 Å². The van der Waals surface area contributed by atoms with Crippen molar-refractivity contribution >= 4 is 11.8 Å². The first-order chi connectivity index (χ1) is 8.99. The minimum Gasteiger partial charge on any atom is -0.481 e. The molecule has 1 N–H and O–H groups in total. The Morgan fingerprint density at radius 2 is 1.53 bits per heavy atom. The molecule has 0 aliphatic heterocycles. The lowest BCUT2D eigenvalue weighted by atomic mass is 9.75. The first kappa shape index (κ1) is 13.6. The predicted molar refractivity (Wildman–Crippen MR) is 63.8 cm³/mol. The molecule has 19 heavy (non-hydrogen) atoms. The van der Waals surface area contributed by atoms with E-state index in [-0.39, 0.29) is 5.56 Å². The molecule has 1 saturated carbocycles. The Bertz CT molecular complexity index is 493. The molecule has 102 valence electrons. The highest BCUT2D eigenvalue weighted by atomic mass is 19.1. The molecule has 3 nitrogen and oxygen atoms in total. The molecule has 0 unspecified atom stereocenters. The fraction of sp³-hybridized carbons (Fsp3) is 0.429. The SMILES string of the molecule is O=C(c1cc(F)cc(F)c1)[C@H]1CCCC[C@H]1C(=O)O. The quantitative estimate of drug-likeness (QED) is 0.857. The van der Waals surface area contributed by atoms with E-state index in [1.54, 1.807) is 0 Å². The lowest BCUT2D eigenvalue weighted by molar-refractivity contribution is -0.144. The van der Waals surface area contributed by atoms with Crippen molar-refractivity contribution in [1.29, 1.82) is 0 Å². The Labute approximate surface area is 109 Å². The Hall–Kier alpha value is -1.78. The summed E-state index contributed by atoms with van der Waals surface area (Å²) >= 11 is 0. The van der Waals surface area contributed by atoms with Gasteiger partial charge < -0.3 is 5.11 Å². The molecule has 0 saturated heterocycles. The molecular formula is C14H14F2O3. The largest absolute Gasteiger partial charge is 0.481 e. The van der Waals surface area contributed by atoms with Crippen molar-refractivity contribution in [3.05, 3.63) is 35.4 Å². The van der Waals surface area contributed by atoms with E-state index in [0.717, 1.165) is 25.0 Å². The summed E-state index contributed by atoms with van der Waals surface area (Å²) in [7, 11) is 0. The number of hydrogen-bond donors (Lipinski definition) is 1. The van der Waals surface area contributed by atoms with E-state index in [0.29, 0.717) is 18.9 Å². The molecule has 1 aliphatic rings. The van der Waals surface area contributed by atoms with Crippen LogP contribution >= 0.6 is 0 Å². The third-order valence-electron chi connectivity index (χ3n) is 3.57. The number of rotatable bonds is 3. The minimum absolute atomic E-state index is 0.0874. The summed E-state index contributed by atoms with van der Waals surface area (Å²) < 4.78 is 26.2. The molecule has 0 amide bonds. The van der Waals surface area contributed by atoms with E-state index >= 15 is 0 Å². The number of benzene rings is 1. The lowest BCUT2D eigenvalue weighted by Crippen LogP contribution is -2.32. The van der Waals surface area contributed by atoms with E-state index in [9.17, 15) is 18.4 Å². The molecule has 2 atom stereocenters. The zero-order valence-electron chi connectivity index (χ0n) is 10.2. The molecule has 0 radical (unpaired) electrons. The third kappa shape index (κ3) is 2.97. The maximum atomic E-state index is 13.1. The van der Waals surface area contributed by atoms with Crippen LogP contribution in [0.15, 0.2) is 18.2 Å². The van der Waals surface area contributed by atoms with Gasteiger partial charge in [-0.05, 0) is 25.0 Å². The van der Waals surface area contributed by atoms with Gasteiger partial charge in [0, 0.05) is 17.5 Å². The van der Waals surface area contributed by atoms with Crippen molar-refractivity contribution in [3.8, 4) is 0 Å². The van der Waals surface area contributed by atoms with Crippen LogP contribution in [-0.4, -0.2) is 16.9 Å². The number of aliphatic carboxylic acids is 1. The number of carboxylic acid groups (broad SMARTS) is 1. The zero-order chi connectivity index (χ0) is 14.0. The molecule has 1 aromatic carbocycles. The van der Waals surface area contributed by atoms with Crippen LogP contribution in [-0.2, 0) is 4.79 Å². The summed E-state index contributed by atoms with van der Waals surface area (Å²) in [6.07, 6.45) is 2.41. The number of ketones is 1. The predicted octanol–water partition coefficient (Wildman–Crippen LogP) is 3.04. The summed E-state index contributed by atoms with van der Waals surface area (Å²) in [4.78, 5) is 23.4. The van der Waals surface area contributed by atoms with Gasteiger partial charge in [-0.2, -0.15) is 0 Å². The monoisotopic (exact) mass is 268 g/mol. The minimum atomic E-state index is -1.02. The van der Waals surface area contributed by atoms with Gasteiger partial charge in [-0.3, -0.25) is 9.59 Å². The molecule has 1 aromatic rings. The Morgan fingerprint density at radius 3 is 2.05 bits per heavy atom. The molecule has 1 fully saturated rings. The van der Waals surface area contributed by atoms with Crippen molar-refractivity contribution in [2.24, 2.45) is 11.8 Å². The van der Waals surface area contributed by atoms with Crippen molar-refractivity contribution in [2.75, 3.05) is 0 Å².